The van der Waals surface area contributed by atoms with Crippen LogP contribution in [0.1, 0.15) is 386 Å². The van der Waals surface area contributed by atoms with Crippen LogP contribution in [-0.2, 0) is 9.59 Å². The van der Waals surface area contributed by atoms with E-state index in [1.54, 1.807) is 0 Å². The topological polar surface area (TPSA) is 66.4 Å². The summed E-state index contributed by atoms with van der Waals surface area (Å²) in [5, 5.41) is 13.3. The minimum Gasteiger partial charge on any atom is -0.391 e. The van der Waals surface area contributed by atoms with Crippen molar-refractivity contribution in [3.8, 4) is 0 Å². The molecule has 0 unspecified atom stereocenters. The van der Waals surface area contributed by atoms with Crippen molar-refractivity contribution in [1.82, 2.24) is 5.32 Å². The molecule has 0 rings (SSSR count). The van der Waals surface area contributed by atoms with E-state index in [4.69, 9.17) is 0 Å². The first-order valence-corrected chi connectivity index (χ1v) is 32.7. The first-order chi connectivity index (χ1) is 34.6. The van der Waals surface area contributed by atoms with Gasteiger partial charge >= 0.3 is 0 Å². The largest absolute Gasteiger partial charge is 0.391 e. The van der Waals surface area contributed by atoms with Gasteiger partial charge in [-0.25, -0.2) is 0 Å². The number of ketones is 1. The lowest BCUT2D eigenvalue weighted by molar-refractivity contribution is -0.121. The van der Waals surface area contributed by atoms with E-state index in [9.17, 15) is 14.7 Å². The van der Waals surface area contributed by atoms with Gasteiger partial charge in [-0.3, -0.25) is 9.59 Å². The Morgan fingerprint density at radius 2 is 0.543 bits per heavy atom. The molecule has 0 aliphatic rings. The van der Waals surface area contributed by atoms with Gasteiger partial charge in [0.1, 0.15) is 5.78 Å². The summed E-state index contributed by atoms with van der Waals surface area (Å²) in [6, 6.07) is 0. The van der Waals surface area contributed by atoms with Crippen molar-refractivity contribution < 1.29 is 14.7 Å². The molecule has 1 amide bonds. The summed E-state index contributed by atoms with van der Waals surface area (Å²) in [6.07, 6.45) is 80.3. The van der Waals surface area contributed by atoms with Crippen LogP contribution in [0, 0.1) is 0 Å². The molecule has 0 saturated carbocycles. The van der Waals surface area contributed by atoms with Gasteiger partial charge in [0.2, 0.25) is 5.91 Å². The number of rotatable bonds is 62. The van der Waals surface area contributed by atoms with Gasteiger partial charge in [-0.1, -0.05) is 328 Å². The van der Waals surface area contributed by atoms with Gasteiger partial charge < -0.3 is 10.4 Å². The molecule has 0 bridgehead atoms. The van der Waals surface area contributed by atoms with Crippen LogP contribution in [0.5, 0.6) is 0 Å². The summed E-state index contributed by atoms with van der Waals surface area (Å²) in [5.74, 6) is 0.630. The lowest BCUT2D eigenvalue weighted by Crippen LogP contribution is -2.31. The second-order valence-corrected chi connectivity index (χ2v) is 22.8. The molecule has 1 atom stereocenters. The first kappa shape index (κ1) is 68.8. The van der Waals surface area contributed by atoms with Crippen LogP contribution in [0.25, 0.3) is 0 Å². The van der Waals surface area contributed by atoms with Crippen molar-refractivity contribution in [2.45, 2.75) is 392 Å². The summed E-state index contributed by atoms with van der Waals surface area (Å²) >= 11 is 0. The molecular weight excluding hydrogens is 855 g/mol. The Kier molecular flexibility index (Phi) is 61.1. The molecule has 0 aliphatic carbocycles. The average molecular weight is 985 g/mol. The van der Waals surface area contributed by atoms with Crippen molar-refractivity contribution >= 4 is 11.7 Å². The van der Waals surface area contributed by atoms with E-state index in [0.29, 0.717) is 18.7 Å². The predicted octanol–water partition coefficient (Wildman–Crippen LogP) is 22.3. The van der Waals surface area contributed by atoms with E-state index in [0.717, 1.165) is 51.4 Å². The average Bonchev–Trinajstić information content (AvgIpc) is 3.36. The minimum atomic E-state index is -0.391. The number of Topliss-reactive ketones (excluding diaryl/α,β-unsaturated/α-hetero) is 1. The van der Waals surface area contributed by atoms with Gasteiger partial charge in [-0.2, -0.15) is 0 Å². The van der Waals surface area contributed by atoms with E-state index in [2.05, 4.69) is 31.3 Å². The smallest absolute Gasteiger partial charge is 0.220 e. The zero-order valence-corrected chi connectivity index (χ0v) is 48.2. The maximum atomic E-state index is 12.3. The third kappa shape index (κ3) is 61.1. The molecule has 0 aromatic rings. The lowest BCUT2D eigenvalue weighted by Gasteiger charge is -2.12. The number of carbonyl (C=O) groups excluding carboxylic acids is 2. The van der Waals surface area contributed by atoms with Crippen molar-refractivity contribution in [3.63, 3.8) is 0 Å². The molecule has 4 nitrogen and oxygen atoms in total. The van der Waals surface area contributed by atoms with Crippen LogP contribution in [0.2, 0.25) is 0 Å². The summed E-state index contributed by atoms with van der Waals surface area (Å²) in [4.78, 5) is 24.5. The molecule has 2 N–H and O–H groups in total. The maximum Gasteiger partial charge on any atom is 0.220 e. The molecule has 416 valence electrons. The summed E-state index contributed by atoms with van der Waals surface area (Å²) in [7, 11) is 0. The van der Waals surface area contributed by atoms with Gasteiger partial charge in [0, 0.05) is 25.8 Å². The number of hydrogen-bond acceptors (Lipinski definition) is 3. The Bertz CT molecular complexity index is 1020. The molecule has 0 radical (unpaired) electrons. The number of unbranched alkanes of at least 4 members (excludes halogenated alkanes) is 50. The number of aliphatic hydroxyl groups excluding tert-OH is 1. The second kappa shape index (κ2) is 62.1. The lowest BCUT2D eigenvalue weighted by atomic mass is 10.0. The molecule has 0 saturated heterocycles. The quantitative estimate of drug-likeness (QED) is 0.0471. The Morgan fingerprint density at radius 1 is 0.314 bits per heavy atom. The number of nitrogens with one attached hydrogen (secondary N) is 1. The Hall–Kier alpha value is -1.16. The summed E-state index contributed by atoms with van der Waals surface area (Å²) < 4.78 is 0. The molecule has 0 fully saturated rings. The zero-order valence-electron chi connectivity index (χ0n) is 48.2. The van der Waals surface area contributed by atoms with E-state index >= 15 is 0 Å². The van der Waals surface area contributed by atoms with Crippen molar-refractivity contribution in [2.75, 3.05) is 6.54 Å². The molecule has 4 heteroatoms. The Morgan fingerprint density at radius 3 is 0.829 bits per heavy atom. The molecule has 0 spiro atoms. The number of amides is 1. The Labute approximate surface area is 440 Å². The molecule has 70 heavy (non-hydrogen) atoms. The van der Waals surface area contributed by atoms with Crippen LogP contribution in [0.3, 0.4) is 0 Å². The van der Waals surface area contributed by atoms with Gasteiger partial charge in [-0.15, -0.1) is 0 Å². The highest BCUT2D eigenvalue weighted by molar-refractivity contribution is 5.78. The van der Waals surface area contributed by atoms with E-state index in [-0.39, 0.29) is 5.91 Å². The molecule has 0 aromatic carbocycles. The fourth-order valence-electron chi connectivity index (χ4n) is 10.5. The second-order valence-electron chi connectivity index (χ2n) is 22.8. The van der Waals surface area contributed by atoms with Gasteiger partial charge in [0.15, 0.2) is 0 Å². The van der Waals surface area contributed by atoms with Crippen molar-refractivity contribution in [1.29, 1.82) is 0 Å². The highest BCUT2D eigenvalue weighted by atomic mass is 16.3. The number of carbonyl (C=O) groups is 2. The van der Waals surface area contributed by atoms with Gasteiger partial charge in [0.25, 0.3) is 0 Å². The fourth-order valence-corrected chi connectivity index (χ4v) is 10.5. The maximum absolute atomic E-state index is 12.3. The Balaban J connectivity index is 3.23. The number of hydrogen-bond donors (Lipinski definition) is 2. The zero-order chi connectivity index (χ0) is 50.6. The van der Waals surface area contributed by atoms with E-state index in [1.807, 2.05) is 0 Å². The normalized spacial score (nSPS) is 12.2. The summed E-state index contributed by atoms with van der Waals surface area (Å²) in [5.41, 5.74) is 0. The highest BCUT2D eigenvalue weighted by Gasteiger charge is 2.08. The third-order valence-electron chi connectivity index (χ3n) is 15.5. The van der Waals surface area contributed by atoms with Gasteiger partial charge in [-0.05, 0) is 51.4 Å². The number of allylic oxidation sites excluding steroid dienone is 2. The fraction of sp³-hybridized carbons (Fsp3) is 0.939. The van der Waals surface area contributed by atoms with Crippen LogP contribution in [-0.4, -0.2) is 29.4 Å². The minimum absolute atomic E-state index is 0.116. The summed E-state index contributed by atoms with van der Waals surface area (Å²) in [6.45, 7) is 4.99. The van der Waals surface area contributed by atoms with Crippen molar-refractivity contribution in [3.05, 3.63) is 12.2 Å². The standard InChI is InChI=1S/C66H129NO3/c1-3-5-7-9-11-13-15-17-32-36-39-43-47-51-55-59-64(68)60-56-52-48-44-40-37-33-30-28-26-24-22-20-19-21-23-25-27-29-31-34-38-42-46-50-54-58-62-66(70)67-63-65(69)61-57-53-49-45-41-35-18-16-14-12-10-8-6-4-2/h17,32,65,69H,3-16,18-31,33-63H2,1-2H3,(H,67,70)/b32-17-/t65-/m1/s1. The highest BCUT2D eigenvalue weighted by Crippen LogP contribution is 2.19. The van der Waals surface area contributed by atoms with E-state index in [1.165, 1.54) is 315 Å². The predicted molar refractivity (Wildman–Crippen MR) is 312 cm³/mol. The van der Waals surface area contributed by atoms with Crippen LogP contribution in [0.15, 0.2) is 12.2 Å². The monoisotopic (exact) mass is 984 g/mol. The SMILES string of the molecule is CCCCCCCC/C=C\CCCCCCCC(=O)CCCCCCCCCCCCCCCCCCCCCCCCCCCCCC(=O)NC[C@H](O)CCCCCCCCCCCCCCCC. The number of aliphatic hydroxyl groups is 1. The van der Waals surface area contributed by atoms with Crippen LogP contribution >= 0.6 is 0 Å². The molecule has 0 heterocycles. The molecule has 0 aromatic heterocycles. The van der Waals surface area contributed by atoms with E-state index < -0.39 is 6.10 Å². The first-order valence-electron chi connectivity index (χ1n) is 32.7. The molecular formula is C66H129NO3. The van der Waals surface area contributed by atoms with Crippen LogP contribution < -0.4 is 5.32 Å². The van der Waals surface area contributed by atoms with Crippen LogP contribution in [0.4, 0.5) is 0 Å². The third-order valence-corrected chi connectivity index (χ3v) is 15.5. The van der Waals surface area contributed by atoms with Crippen molar-refractivity contribution in [2.24, 2.45) is 0 Å². The van der Waals surface area contributed by atoms with Gasteiger partial charge in [0.05, 0.1) is 6.10 Å². The molecule has 0 aliphatic heterocycles.